The topological polar surface area (TPSA) is 44.0 Å². The Morgan fingerprint density at radius 3 is 2.94 bits per heavy atom. The number of hydrogen-bond acceptors (Lipinski definition) is 3. The molecule has 1 aliphatic heterocycles. The molecule has 1 atom stereocenters. The first kappa shape index (κ1) is 11.3. The molecule has 0 aliphatic carbocycles. The summed E-state index contributed by atoms with van der Waals surface area (Å²) in [4.78, 5) is 2.49. The molecule has 3 rings (SSSR count). The lowest BCUT2D eigenvalue weighted by Crippen LogP contribution is -2.26. The van der Waals surface area contributed by atoms with Crippen molar-refractivity contribution in [2.24, 2.45) is 0 Å². The molecular weight excluding hydrogens is 224 g/mol. The number of H-pyrrole nitrogens is 1. The summed E-state index contributed by atoms with van der Waals surface area (Å²) in [5, 5.41) is 10.4. The zero-order valence-corrected chi connectivity index (χ0v) is 10.3. The van der Waals surface area contributed by atoms with E-state index in [0.717, 1.165) is 25.5 Å². The van der Waals surface area contributed by atoms with E-state index in [1.165, 1.54) is 12.0 Å². The third-order valence-corrected chi connectivity index (χ3v) is 3.38. The van der Waals surface area contributed by atoms with Crippen molar-refractivity contribution in [3.05, 3.63) is 48.2 Å². The van der Waals surface area contributed by atoms with E-state index in [4.69, 9.17) is 0 Å². The quantitative estimate of drug-likeness (QED) is 0.863. The Kier molecular flexibility index (Phi) is 3.28. The van der Waals surface area contributed by atoms with Gasteiger partial charge < -0.3 is 5.32 Å². The standard InChI is InChI=1S/C14H18N4/c1-2-4-12(5-3-1)10-18-9-7-13(11-18)16-14-6-8-15-17-14/h1-6,8,13H,7,9-11H2,(H2,15,16,17). The molecule has 18 heavy (non-hydrogen) atoms. The van der Waals surface area contributed by atoms with Crippen LogP contribution in [0.1, 0.15) is 12.0 Å². The van der Waals surface area contributed by atoms with Crippen LogP contribution in [0.5, 0.6) is 0 Å². The Labute approximate surface area is 107 Å². The van der Waals surface area contributed by atoms with Crippen molar-refractivity contribution in [3.8, 4) is 0 Å². The zero-order valence-electron chi connectivity index (χ0n) is 10.3. The predicted octanol–water partition coefficient (Wildman–Crippen LogP) is 2.10. The summed E-state index contributed by atoms with van der Waals surface area (Å²) < 4.78 is 0. The van der Waals surface area contributed by atoms with Crippen LogP contribution in [-0.2, 0) is 6.54 Å². The molecule has 1 fully saturated rings. The molecule has 0 saturated carbocycles. The van der Waals surface area contributed by atoms with Gasteiger partial charge in [0.1, 0.15) is 5.82 Å². The summed E-state index contributed by atoms with van der Waals surface area (Å²) in [6, 6.07) is 13.1. The van der Waals surface area contributed by atoms with Gasteiger partial charge in [0.05, 0.1) is 6.20 Å². The van der Waals surface area contributed by atoms with Gasteiger partial charge in [0, 0.05) is 25.7 Å². The molecule has 0 spiro atoms. The first-order valence-corrected chi connectivity index (χ1v) is 6.42. The minimum Gasteiger partial charge on any atom is -0.366 e. The van der Waals surface area contributed by atoms with Gasteiger partial charge in [-0.1, -0.05) is 30.3 Å². The monoisotopic (exact) mass is 242 g/mol. The number of nitrogens with one attached hydrogen (secondary N) is 2. The number of aromatic amines is 1. The summed E-state index contributed by atoms with van der Waals surface area (Å²) >= 11 is 0. The SMILES string of the molecule is c1ccc(CN2CCC(Nc3ccn[nH]3)C2)cc1. The molecule has 2 heterocycles. The highest BCUT2D eigenvalue weighted by molar-refractivity contribution is 5.33. The van der Waals surface area contributed by atoms with E-state index in [1.54, 1.807) is 6.20 Å². The molecule has 94 valence electrons. The molecule has 0 radical (unpaired) electrons. The largest absolute Gasteiger partial charge is 0.366 e. The Balaban J connectivity index is 1.52. The van der Waals surface area contributed by atoms with Crippen LogP contribution in [0.4, 0.5) is 5.82 Å². The smallest absolute Gasteiger partial charge is 0.121 e. The summed E-state index contributed by atoms with van der Waals surface area (Å²) in [5.74, 6) is 1.02. The van der Waals surface area contributed by atoms with E-state index < -0.39 is 0 Å². The number of benzene rings is 1. The van der Waals surface area contributed by atoms with Crippen molar-refractivity contribution in [2.45, 2.75) is 19.0 Å². The second-order valence-corrected chi connectivity index (χ2v) is 4.82. The maximum atomic E-state index is 3.95. The number of nitrogens with zero attached hydrogens (tertiary/aromatic N) is 2. The van der Waals surface area contributed by atoms with E-state index in [-0.39, 0.29) is 0 Å². The number of aromatic nitrogens is 2. The van der Waals surface area contributed by atoms with E-state index >= 15 is 0 Å². The van der Waals surface area contributed by atoms with Crippen molar-refractivity contribution in [1.82, 2.24) is 15.1 Å². The van der Waals surface area contributed by atoms with Crippen molar-refractivity contribution in [1.29, 1.82) is 0 Å². The number of rotatable bonds is 4. The van der Waals surface area contributed by atoms with Crippen LogP contribution >= 0.6 is 0 Å². The van der Waals surface area contributed by atoms with Gasteiger partial charge in [0.15, 0.2) is 0 Å². The van der Waals surface area contributed by atoms with E-state index in [0.29, 0.717) is 6.04 Å². The second kappa shape index (κ2) is 5.23. The molecule has 4 heteroatoms. The fourth-order valence-corrected chi connectivity index (χ4v) is 2.49. The molecule has 2 aromatic rings. The lowest BCUT2D eigenvalue weighted by Gasteiger charge is -2.16. The third kappa shape index (κ3) is 2.71. The Bertz CT molecular complexity index is 466. The fraction of sp³-hybridized carbons (Fsp3) is 0.357. The summed E-state index contributed by atoms with van der Waals surface area (Å²) in [5.41, 5.74) is 1.39. The third-order valence-electron chi connectivity index (χ3n) is 3.38. The number of hydrogen-bond donors (Lipinski definition) is 2. The van der Waals surface area contributed by atoms with Gasteiger partial charge in [-0.15, -0.1) is 0 Å². The van der Waals surface area contributed by atoms with Crippen molar-refractivity contribution >= 4 is 5.82 Å². The lowest BCUT2D eigenvalue weighted by molar-refractivity contribution is 0.328. The van der Waals surface area contributed by atoms with Gasteiger partial charge in [0.25, 0.3) is 0 Å². The molecular formula is C14H18N4. The van der Waals surface area contributed by atoms with Crippen molar-refractivity contribution in [2.75, 3.05) is 18.4 Å². The fourth-order valence-electron chi connectivity index (χ4n) is 2.49. The van der Waals surface area contributed by atoms with Crippen molar-refractivity contribution in [3.63, 3.8) is 0 Å². The highest BCUT2D eigenvalue weighted by Crippen LogP contribution is 2.16. The normalized spacial score (nSPS) is 20.1. The predicted molar refractivity (Wildman–Crippen MR) is 72.3 cm³/mol. The van der Waals surface area contributed by atoms with Gasteiger partial charge in [0.2, 0.25) is 0 Å². The summed E-state index contributed by atoms with van der Waals surface area (Å²) in [7, 11) is 0. The molecule has 0 bridgehead atoms. The lowest BCUT2D eigenvalue weighted by atomic mass is 10.2. The van der Waals surface area contributed by atoms with Gasteiger partial charge in [-0.05, 0) is 18.1 Å². The van der Waals surface area contributed by atoms with E-state index in [2.05, 4.69) is 50.7 Å². The van der Waals surface area contributed by atoms with Crippen LogP contribution in [0.15, 0.2) is 42.6 Å². The minimum absolute atomic E-state index is 0.522. The first-order chi connectivity index (χ1) is 8.90. The molecule has 1 aliphatic rings. The van der Waals surface area contributed by atoms with Gasteiger partial charge >= 0.3 is 0 Å². The van der Waals surface area contributed by atoms with Crippen LogP contribution in [0, 0.1) is 0 Å². The van der Waals surface area contributed by atoms with E-state index in [9.17, 15) is 0 Å². The van der Waals surface area contributed by atoms with Crippen molar-refractivity contribution < 1.29 is 0 Å². The van der Waals surface area contributed by atoms with Gasteiger partial charge in [-0.2, -0.15) is 5.10 Å². The highest BCUT2D eigenvalue weighted by Gasteiger charge is 2.22. The zero-order chi connectivity index (χ0) is 12.2. The summed E-state index contributed by atoms with van der Waals surface area (Å²) in [6.07, 6.45) is 2.96. The van der Waals surface area contributed by atoms with Crippen LogP contribution in [0.25, 0.3) is 0 Å². The molecule has 1 unspecified atom stereocenters. The molecule has 1 saturated heterocycles. The average Bonchev–Trinajstić information content (AvgIpc) is 3.03. The van der Waals surface area contributed by atoms with Gasteiger partial charge in [-0.3, -0.25) is 10.00 Å². The number of likely N-dealkylation sites (tertiary alicyclic amines) is 1. The van der Waals surface area contributed by atoms with Crippen LogP contribution in [-0.4, -0.2) is 34.2 Å². The van der Waals surface area contributed by atoms with Gasteiger partial charge in [-0.25, -0.2) is 0 Å². The highest BCUT2D eigenvalue weighted by atomic mass is 15.2. The molecule has 1 aromatic heterocycles. The maximum absolute atomic E-state index is 3.95. The molecule has 4 nitrogen and oxygen atoms in total. The molecule has 1 aromatic carbocycles. The first-order valence-electron chi connectivity index (χ1n) is 6.42. The van der Waals surface area contributed by atoms with Crippen LogP contribution < -0.4 is 5.32 Å². The number of anilines is 1. The minimum atomic E-state index is 0.522. The Hall–Kier alpha value is -1.81. The van der Waals surface area contributed by atoms with E-state index in [1.807, 2.05) is 6.07 Å². The Morgan fingerprint density at radius 2 is 2.17 bits per heavy atom. The van der Waals surface area contributed by atoms with Crippen LogP contribution in [0.2, 0.25) is 0 Å². The molecule has 0 amide bonds. The van der Waals surface area contributed by atoms with Crippen LogP contribution in [0.3, 0.4) is 0 Å². The molecule has 2 N–H and O–H groups in total. The maximum Gasteiger partial charge on any atom is 0.121 e. The summed E-state index contributed by atoms with van der Waals surface area (Å²) in [6.45, 7) is 3.29. The average molecular weight is 242 g/mol. The Morgan fingerprint density at radius 1 is 1.28 bits per heavy atom. The second-order valence-electron chi connectivity index (χ2n) is 4.82.